The molecular formula is C13H13N3OS. The molecule has 1 amide bonds. The molecule has 2 aromatic rings. The van der Waals surface area contributed by atoms with Gasteiger partial charge in [-0.2, -0.15) is 0 Å². The first kappa shape index (κ1) is 11.4. The van der Waals surface area contributed by atoms with Crippen molar-refractivity contribution in [2.24, 2.45) is 11.7 Å². The number of thiazole rings is 1. The van der Waals surface area contributed by atoms with Crippen molar-refractivity contribution in [1.82, 2.24) is 4.98 Å². The minimum atomic E-state index is -0.0199. The zero-order chi connectivity index (χ0) is 12.5. The minimum absolute atomic E-state index is 0.0128. The molecule has 2 atom stereocenters. The Bertz CT molecular complexity index is 567. The third kappa shape index (κ3) is 2.27. The lowest BCUT2D eigenvalue weighted by molar-refractivity contribution is -0.117. The summed E-state index contributed by atoms with van der Waals surface area (Å²) >= 11 is 1.58. The molecule has 1 aromatic carbocycles. The second-order valence-corrected chi connectivity index (χ2v) is 5.31. The number of nitrogens with zero attached hydrogens (tertiary/aromatic N) is 1. The summed E-state index contributed by atoms with van der Waals surface area (Å²) in [5, 5.41) is 5.78. The molecule has 3 rings (SSSR count). The molecule has 0 spiro atoms. The molecule has 0 radical (unpaired) electrons. The molecule has 92 valence electrons. The van der Waals surface area contributed by atoms with Gasteiger partial charge in [0, 0.05) is 28.9 Å². The molecule has 3 N–H and O–H groups in total. The van der Waals surface area contributed by atoms with Crippen LogP contribution in [0.1, 0.15) is 6.42 Å². The van der Waals surface area contributed by atoms with Crippen LogP contribution in [0.25, 0.3) is 10.6 Å². The molecule has 18 heavy (non-hydrogen) atoms. The smallest absolute Gasteiger partial charge is 0.229 e. The van der Waals surface area contributed by atoms with E-state index in [1.54, 1.807) is 17.5 Å². The molecule has 1 fully saturated rings. The summed E-state index contributed by atoms with van der Waals surface area (Å²) in [7, 11) is 0. The van der Waals surface area contributed by atoms with Gasteiger partial charge in [-0.1, -0.05) is 12.1 Å². The number of carbonyl (C=O) groups excluding carboxylic acids is 1. The minimum Gasteiger partial charge on any atom is -0.327 e. The molecule has 1 aliphatic rings. The van der Waals surface area contributed by atoms with E-state index in [-0.39, 0.29) is 17.9 Å². The third-order valence-corrected chi connectivity index (χ3v) is 3.81. The van der Waals surface area contributed by atoms with Crippen molar-refractivity contribution in [3.63, 3.8) is 0 Å². The van der Waals surface area contributed by atoms with E-state index in [1.807, 2.05) is 29.6 Å². The van der Waals surface area contributed by atoms with Gasteiger partial charge in [0.1, 0.15) is 5.01 Å². The largest absolute Gasteiger partial charge is 0.327 e. The van der Waals surface area contributed by atoms with Crippen LogP contribution in [0, 0.1) is 5.92 Å². The van der Waals surface area contributed by atoms with E-state index in [9.17, 15) is 4.79 Å². The highest BCUT2D eigenvalue weighted by Crippen LogP contribution is 2.30. The molecule has 0 aliphatic heterocycles. The van der Waals surface area contributed by atoms with Gasteiger partial charge < -0.3 is 11.1 Å². The number of hydrogen-bond acceptors (Lipinski definition) is 4. The molecule has 5 heteroatoms. The van der Waals surface area contributed by atoms with Gasteiger partial charge in [0.25, 0.3) is 0 Å². The lowest BCUT2D eigenvalue weighted by Crippen LogP contribution is -2.18. The number of amides is 1. The van der Waals surface area contributed by atoms with Crippen LogP contribution < -0.4 is 11.1 Å². The van der Waals surface area contributed by atoms with Crippen molar-refractivity contribution in [3.8, 4) is 10.6 Å². The highest BCUT2D eigenvalue weighted by Gasteiger charge is 2.39. The Morgan fingerprint density at radius 2 is 2.33 bits per heavy atom. The van der Waals surface area contributed by atoms with E-state index in [0.717, 1.165) is 22.7 Å². The fourth-order valence-corrected chi connectivity index (χ4v) is 2.48. The molecule has 0 bridgehead atoms. The Morgan fingerprint density at radius 3 is 3.00 bits per heavy atom. The monoisotopic (exact) mass is 259 g/mol. The van der Waals surface area contributed by atoms with Crippen LogP contribution >= 0.6 is 11.3 Å². The lowest BCUT2D eigenvalue weighted by atomic mass is 10.2. The van der Waals surface area contributed by atoms with Crippen molar-refractivity contribution in [2.75, 3.05) is 5.32 Å². The van der Waals surface area contributed by atoms with Gasteiger partial charge in [-0.05, 0) is 18.6 Å². The maximum Gasteiger partial charge on any atom is 0.229 e. The van der Waals surface area contributed by atoms with Crippen molar-refractivity contribution >= 4 is 22.9 Å². The Hall–Kier alpha value is -1.72. The molecule has 1 aliphatic carbocycles. The molecule has 2 unspecified atom stereocenters. The van der Waals surface area contributed by atoms with E-state index in [1.165, 1.54) is 0 Å². The highest BCUT2D eigenvalue weighted by atomic mass is 32.1. The SMILES string of the molecule is NC1CC1C(=O)Nc1cccc(-c2nccs2)c1. The third-order valence-electron chi connectivity index (χ3n) is 2.99. The van der Waals surface area contributed by atoms with E-state index < -0.39 is 0 Å². The van der Waals surface area contributed by atoms with Crippen LogP contribution in [0.4, 0.5) is 5.69 Å². The van der Waals surface area contributed by atoms with Crippen LogP contribution in [-0.2, 0) is 4.79 Å². The summed E-state index contributed by atoms with van der Waals surface area (Å²) in [5.41, 5.74) is 7.47. The Balaban J connectivity index is 1.77. The Labute approximate surface area is 109 Å². The van der Waals surface area contributed by atoms with Crippen LogP contribution in [0.3, 0.4) is 0 Å². The molecular weight excluding hydrogens is 246 g/mol. The molecule has 1 saturated carbocycles. The van der Waals surface area contributed by atoms with Gasteiger partial charge in [-0.15, -0.1) is 11.3 Å². The topological polar surface area (TPSA) is 68.0 Å². The standard InChI is InChI=1S/C13H13N3OS/c14-11-7-10(11)12(17)16-9-3-1-2-8(6-9)13-15-4-5-18-13/h1-6,10-11H,7,14H2,(H,16,17). The summed E-state index contributed by atoms with van der Waals surface area (Å²) in [4.78, 5) is 16.0. The van der Waals surface area contributed by atoms with Gasteiger partial charge in [0.15, 0.2) is 0 Å². The maximum atomic E-state index is 11.8. The number of hydrogen-bond donors (Lipinski definition) is 2. The van der Waals surface area contributed by atoms with Crippen LogP contribution in [0.5, 0.6) is 0 Å². The van der Waals surface area contributed by atoms with Crippen LogP contribution in [0.15, 0.2) is 35.8 Å². The van der Waals surface area contributed by atoms with Gasteiger partial charge in [0.2, 0.25) is 5.91 Å². The summed E-state index contributed by atoms with van der Waals surface area (Å²) in [6.07, 6.45) is 2.56. The Morgan fingerprint density at radius 1 is 1.50 bits per heavy atom. The van der Waals surface area contributed by atoms with Crippen molar-refractivity contribution in [3.05, 3.63) is 35.8 Å². The summed E-state index contributed by atoms with van der Waals surface area (Å²) in [6, 6.07) is 7.75. The normalized spacial score (nSPS) is 21.6. The zero-order valence-electron chi connectivity index (χ0n) is 9.67. The second-order valence-electron chi connectivity index (χ2n) is 4.41. The zero-order valence-corrected chi connectivity index (χ0v) is 10.5. The molecule has 1 aromatic heterocycles. The van der Waals surface area contributed by atoms with Gasteiger partial charge in [-0.25, -0.2) is 4.98 Å². The van der Waals surface area contributed by atoms with Crippen molar-refractivity contribution in [2.45, 2.75) is 12.5 Å². The van der Waals surface area contributed by atoms with E-state index >= 15 is 0 Å². The number of nitrogens with one attached hydrogen (secondary N) is 1. The number of anilines is 1. The van der Waals surface area contributed by atoms with E-state index in [2.05, 4.69) is 10.3 Å². The number of benzene rings is 1. The maximum absolute atomic E-state index is 11.8. The predicted octanol–water partition coefficient (Wildman–Crippen LogP) is 2.10. The lowest BCUT2D eigenvalue weighted by Gasteiger charge is -2.05. The summed E-state index contributed by atoms with van der Waals surface area (Å²) in [5.74, 6) is -0.00712. The van der Waals surface area contributed by atoms with Gasteiger partial charge in [-0.3, -0.25) is 4.79 Å². The fraction of sp³-hybridized carbons (Fsp3) is 0.231. The highest BCUT2D eigenvalue weighted by molar-refractivity contribution is 7.13. The fourth-order valence-electron chi connectivity index (χ4n) is 1.85. The van der Waals surface area contributed by atoms with E-state index in [0.29, 0.717) is 0 Å². The van der Waals surface area contributed by atoms with Crippen molar-refractivity contribution in [1.29, 1.82) is 0 Å². The number of nitrogens with two attached hydrogens (primary N) is 1. The first-order valence-corrected chi connectivity index (χ1v) is 6.68. The summed E-state index contributed by atoms with van der Waals surface area (Å²) < 4.78 is 0. The quantitative estimate of drug-likeness (QED) is 0.887. The first-order chi connectivity index (χ1) is 8.74. The predicted molar refractivity (Wildman–Crippen MR) is 72.3 cm³/mol. The number of aromatic nitrogens is 1. The second kappa shape index (κ2) is 4.51. The average molecular weight is 259 g/mol. The van der Waals surface area contributed by atoms with Crippen LogP contribution in [-0.4, -0.2) is 16.9 Å². The number of carbonyl (C=O) groups is 1. The van der Waals surface area contributed by atoms with Crippen molar-refractivity contribution < 1.29 is 4.79 Å². The van der Waals surface area contributed by atoms with Crippen LogP contribution in [0.2, 0.25) is 0 Å². The molecule has 1 heterocycles. The molecule has 4 nitrogen and oxygen atoms in total. The van der Waals surface area contributed by atoms with Gasteiger partial charge >= 0.3 is 0 Å². The average Bonchev–Trinajstić information content (AvgIpc) is 2.90. The summed E-state index contributed by atoms with van der Waals surface area (Å²) in [6.45, 7) is 0. The molecule has 0 saturated heterocycles. The first-order valence-electron chi connectivity index (χ1n) is 5.80. The number of rotatable bonds is 3. The van der Waals surface area contributed by atoms with E-state index in [4.69, 9.17) is 5.73 Å². The Kier molecular flexibility index (Phi) is 2.85. The van der Waals surface area contributed by atoms with Gasteiger partial charge in [0.05, 0.1) is 5.92 Å².